The number of hydrogen-bond donors (Lipinski definition) is 2. The SMILES string of the molecule is COc1ccc(-c2[nH]ncc2[C@@H]2CC(=O)Nc3cccc4c3c2cn4Cc2ccccc2)cc1. The Kier molecular flexibility index (Phi) is 4.91. The molecule has 168 valence electrons. The molecule has 1 aliphatic heterocycles. The van der Waals surface area contributed by atoms with Crippen molar-refractivity contribution >= 4 is 22.5 Å². The number of nitrogens with zero attached hydrogens (tertiary/aromatic N) is 2. The van der Waals surface area contributed by atoms with Crippen LogP contribution >= 0.6 is 0 Å². The van der Waals surface area contributed by atoms with Crippen LogP contribution in [0.3, 0.4) is 0 Å². The average Bonchev–Trinajstić information content (AvgIpc) is 3.46. The van der Waals surface area contributed by atoms with Gasteiger partial charge < -0.3 is 14.6 Å². The van der Waals surface area contributed by atoms with Gasteiger partial charge in [-0.25, -0.2) is 0 Å². The van der Waals surface area contributed by atoms with Gasteiger partial charge in [0.1, 0.15) is 5.75 Å². The zero-order valence-corrected chi connectivity index (χ0v) is 18.8. The van der Waals surface area contributed by atoms with Crippen molar-refractivity contribution in [2.75, 3.05) is 12.4 Å². The average molecular weight is 449 g/mol. The molecule has 1 aliphatic rings. The number of carbonyl (C=O) groups is 1. The Hall–Kier alpha value is -4.32. The molecule has 2 aromatic heterocycles. The summed E-state index contributed by atoms with van der Waals surface area (Å²) in [5.41, 5.74) is 7.28. The van der Waals surface area contributed by atoms with Crippen molar-refractivity contribution in [1.82, 2.24) is 14.8 Å². The van der Waals surface area contributed by atoms with Gasteiger partial charge in [0.2, 0.25) is 5.91 Å². The van der Waals surface area contributed by atoms with Gasteiger partial charge in [-0.15, -0.1) is 0 Å². The quantitative estimate of drug-likeness (QED) is 0.370. The Morgan fingerprint density at radius 1 is 1.00 bits per heavy atom. The van der Waals surface area contributed by atoms with Gasteiger partial charge in [-0.2, -0.15) is 5.10 Å². The van der Waals surface area contributed by atoms with E-state index in [-0.39, 0.29) is 11.8 Å². The van der Waals surface area contributed by atoms with Crippen LogP contribution in [0, 0.1) is 0 Å². The first-order valence-corrected chi connectivity index (χ1v) is 11.3. The Balaban J connectivity index is 1.50. The largest absolute Gasteiger partial charge is 0.497 e. The van der Waals surface area contributed by atoms with Crippen LogP contribution < -0.4 is 10.1 Å². The highest BCUT2D eigenvalue weighted by molar-refractivity contribution is 6.06. The van der Waals surface area contributed by atoms with Crippen LogP contribution in [0.25, 0.3) is 22.2 Å². The van der Waals surface area contributed by atoms with Crippen molar-refractivity contribution < 1.29 is 9.53 Å². The van der Waals surface area contributed by atoms with Crippen molar-refractivity contribution in [3.8, 4) is 17.0 Å². The van der Waals surface area contributed by atoms with Gasteiger partial charge in [-0.05, 0) is 47.5 Å². The van der Waals surface area contributed by atoms with Gasteiger partial charge in [-0.1, -0.05) is 36.4 Å². The molecule has 0 radical (unpaired) electrons. The summed E-state index contributed by atoms with van der Waals surface area (Å²) < 4.78 is 7.59. The number of H-pyrrole nitrogens is 1. The number of aromatic amines is 1. The molecule has 6 rings (SSSR count). The van der Waals surface area contributed by atoms with Crippen molar-refractivity contribution in [1.29, 1.82) is 0 Å². The molecular formula is C28H24N4O2. The zero-order chi connectivity index (χ0) is 23.1. The Morgan fingerprint density at radius 2 is 1.82 bits per heavy atom. The molecule has 5 aromatic rings. The third-order valence-electron chi connectivity index (χ3n) is 6.59. The van der Waals surface area contributed by atoms with Crippen LogP contribution in [0.2, 0.25) is 0 Å². The molecule has 3 heterocycles. The zero-order valence-electron chi connectivity index (χ0n) is 18.8. The van der Waals surface area contributed by atoms with E-state index in [9.17, 15) is 4.79 Å². The number of methoxy groups -OCH3 is 1. The minimum atomic E-state index is -0.126. The van der Waals surface area contributed by atoms with Crippen LogP contribution in [0.5, 0.6) is 5.75 Å². The number of aromatic nitrogens is 3. The monoisotopic (exact) mass is 448 g/mol. The molecule has 0 spiro atoms. The van der Waals surface area contributed by atoms with Crippen LogP contribution in [-0.4, -0.2) is 27.8 Å². The van der Waals surface area contributed by atoms with E-state index < -0.39 is 0 Å². The normalized spacial score (nSPS) is 15.2. The molecule has 0 aliphatic carbocycles. The smallest absolute Gasteiger partial charge is 0.225 e. The van der Waals surface area contributed by atoms with E-state index >= 15 is 0 Å². The van der Waals surface area contributed by atoms with E-state index in [4.69, 9.17) is 4.74 Å². The molecule has 6 nitrogen and oxygen atoms in total. The number of amides is 1. The number of benzene rings is 3. The molecule has 0 saturated heterocycles. The maximum atomic E-state index is 12.9. The Morgan fingerprint density at radius 3 is 2.62 bits per heavy atom. The fourth-order valence-electron chi connectivity index (χ4n) is 4.99. The molecule has 0 saturated carbocycles. The lowest BCUT2D eigenvalue weighted by Crippen LogP contribution is -2.14. The number of rotatable bonds is 5. The molecule has 6 heteroatoms. The van der Waals surface area contributed by atoms with Crippen molar-refractivity contribution in [3.05, 3.63) is 102 Å². The predicted octanol–water partition coefficient (Wildman–Crippen LogP) is 5.56. The number of nitrogens with one attached hydrogen (secondary N) is 2. The maximum absolute atomic E-state index is 12.9. The summed E-state index contributed by atoms with van der Waals surface area (Å²) in [7, 11) is 1.66. The van der Waals surface area contributed by atoms with Crippen molar-refractivity contribution in [3.63, 3.8) is 0 Å². The van der Waals surface area contributed by atoms with Gasteiger partial charge in [-0.3, -0.25) is 9.89 Å². The number of hydrogen-bond acceptors (Lipinski definition) is 3. The van der Waals surface area contributed by atoms with Gasteiger partial charge in [0.15, 0.2) is 0 Å². The third-order valence-corrected chi connectivity index (χ3v) is 6.59. The molecule has 3 aromatic carbocycles. The highest BCUT2D eigenvalue weighted by atomic mass is 16.5. The second-order valence-electron chi connectivity index (χ2n) is 8.63. The molecule has 2 N–H and O–H groups in total. The van der Waals surface area contributed by atoms with Crippen LogP contribution in [0.4, 0.5) is 5.69 Å². The minimum Gasteiger partial charge on any atom is -0.497 e. The van der Waals surface area contributed by atoms with E-state index in [0.717, 1.165) is 51.3 Å². The highest BCUT2D eigenvalue weighted by Crippen LogP contribution is 2.43. The van der Waals surface area contributed by atoms with Crippen molar-refractivity contribution in [2.24, 2.45) is 0 Å². The van der Waals surface area contributed by atoms with Crippen molar-refractivity contribution in [2.45, 2.75) is 18.9 Å². The lowest BCUT2D eigenvalue weighted by Gasteiger charge is -2.15. The van der Waals surface area contributed by atoms with Crippen LogP contribution in [0.1, 0.15) is 29.0 Å². The molecule has 34 heavy (non-hydrogen) atoms. The lowest BCUT2D eigenvalue weighted by atomic mass is 9.87. The van der Waals surface area contributed by atoms with Crippen LogP contribution in [-0.2, 0) is 11.3 Å². The summed E-state index contributed by atoms with van der Waals surface area (Å²) in [6.45, 7) is 0.762. The van der Waals surface area contributed by atoms with E-state index in [0.29, 0.717) is 6.42 Å². The maximum Gasteiger partial charge on any atom is 0.225 e. The second-order valence-corrected chi connectivity index (χ2v) is 8.63. The lowest BCUT2D eigenvalue weighted by molar-refractivity contribution is -0.116. The van der Waals surface area contributed by atoms with Gasteiger partial charge in [0.25, 0.3) is 0 Å². The first-order chi connectivity index (χ1) is 16.7. The first-order valence-electron chi connectivity index (χ1n) is 11.3. The number of carbonyl (C=O) groups excluding carboxylic acids is 1. The van der Waals surface area contributed by atoms with Gasteiger partial charge in [0.05, 0.1) is 30.2 Å². The first kappa shape index (κ1) is 20.3. The summed E-state index contributed by atoms with van der Waals surface area (Å²) in [6, 6.07) is 24.4. The third kappa shape index (κ3) is 3.44. The van der Waals surface area contributed by atoms with E-state index in [1.165, 1.54) is 5.56 Å². The Bertz CT molecular complexity index is 1480. The van der Waals surface area contributed by atoms with E-state index in [1.807, 2.05) is 48.7 Å². The molecule has 0 bridgehead atoms. The van der Waals surface area contributed by atoms with Crippen LogP contribution in [0.15, 0.2) is 85.2 Å². The fraction of sp³-hybridized carbons (Fsp3) is 0.143. The molecule has 0 fully saturated rings. The summed E-state index contributed by atoms with van der Waals surface area (Å²) in [4.78, 5) is 12.9. The highest BCUT2D eigenvalue weighted by Gasteiger charge is 2.30. The summed E-state index contributed by atoms with van der Waals surface area (Å²) in [5.74, 6) is 0.677. The number of ether oxygens (including phenoxy) is 1. The predicted molar refractivity (Wildman–Crippen MR) is 133 cm³/mol. The molecule has 1 amide bonds. The Labute approximate surface area is 197 Å². The van der Waals surface area contributed by atoms with E-state index in [2.05, 4.69) is 56.6 Å². The standard InChI is InChI=1S/C28H24N4O2/c1-34-20-12-10-19(11-13-20)28-22(15-29-31-28)21-14-26(33)30-24-8-5-9-25-27(24)23(21)17-32(25)16-18-6-3-2-4-7-18/h2-13,15,17,21H,14,16H2,1H3,(H,29,31)(H,30,33)/t21-/m0/s1. The molecular weight excluding hydrogens is 424 g/mol. The summed E-state index contributed by atoms with van der Waals surface area (Å²) in [6.07, 6.45) is 4.41. The molecule has 0 unspecified atom stereocenters. The molecule has 1 atom stereocenters. The van der Waals surface area contributed by atoms with Gasteiger partial charge >= 0.3 is 0 Å². The topological polar surface area (TPSA) is 71.9 Å². The van der Waals surface area contributed by atoms with E-state index in [1.54, 1.807) is 7.11 Å². The van der Waals surface area contributed by atoms with Gasteiger partial charge in [0, 0.05) is 41.6 Å². The fourth-order valence-corrected chi connectivity index (χ4v) is 4.99. The second kappa shape index (κ2) is 8.23. The number of anilines is 1. The summed E-state index contributed by atoms with van der Waals surface area (Å²) >= 11 is 0. The minimum absolute atomic E-state index is 0.00481. The summed E-state index contributed by atoms with van der Waals surface area (Å²) in [5, 5.41) is 11.8.